The van der Waals surface area contributed by atoms with Crippen LogP contribution in [0.1, 0.15) is 35.3 Å². The molecule has 0 saturated heterocycles. The molecule has 0 spiro atoms. The van der Waals surface area contributed by atoms with Gasteiger partial charge in [0.25, 0.3) is 5.91 Å². The van der Waals surface area contributed by atoms with Crippen LogP contribution in [-0.2, 0) is 9.53 Å². The maximum Gasteiger partial charge on any atom is 0.338 e. The third-order valence-electron chi connectivity index (χ3n) is 3.94. The van der Waals surface area contributed by atoms with Gasteiger partial charge < -0.3 is 14.8 Å². The van der Waals surface area contributed by atoms with Crippen molar-refractivity contribution in [2.45, 2.75) is 25.5 Å². The molecule has 1 aliphatic heterocycles. The van der Waals surface area contributed by atoms with Gasteiger partial charge in [0.15, 0.2) is 6.10 Å². The van der Waals surface area contributed by atoms with E-state index in [1.54, 1.807) is 31.2 Å². The fourth-order valence-electron chi connectivity index (χ4n) is 2.64. The molecule has 1 N–H and O–H groups in total. The first-order chi connectivity index (χ1) is 11.6. The van der Waals surface area contributed by atoms with E-state index in [0.717, 1.165) is 11.3 Å². The molecular formula is C19H19NO4. The lowest BCUT2D eigenvalue weighted by atomic mass is 10.0. The highest BCUT2D eigenvalue weighted by Crippen LogP contribution is 2.31. The van der Waals surface area contributed by atoms with E-state index in [0.29, 0.717) is 18.6 Å². The van der Waals surface area contributed by atoms with E-state index in [4.69, 9.17) is 9.47 Å². The lowest BCUT2D eigenvalue weighted by Gasteiger charge is -2.27. The standard InChI is InChI=1S/C19H19NO4/c1-13(24-19(22)14-7-3-2-4-8-14)18(21)20-16-11-12-23-17-10-6-5-9-15(16)17/h2-10,13,16H,11-12H2,1H3,(H,20,21)/t13-,16-/m1/s1. The molecule has 1 amide bonds. The number of ether oxygens (including phenoxy) is 2. The van der Waals surface area contributed by atoms with Crippen molar-refractivity contribution in [1.29, 1.82) is 0 Å². The molecule has 124 valence electrons. The van der Waals surface area contributed by atoms with Gasteiger partial charge in [-0.25, -0.2) is 4.79 Å². The number of rotatable bonds is 4. The molecule has 3 rings (SSSR count). The average Bonchev–Trinajstić information content (AvgIpc) is 2.62. The van der Waals surface area contributed by atoms with Crippen LogP contribution in [-0.4, -0.2) is 24.6 Å². The molecule has 0 fully saturated rings. The maximum atomic E-state index is 12.4. The van der Waals surface area contributed by atoms with Crippen molar-refractivity contribution in [3.05, 3.63) is 65.7 Å². The molecule has 0 bridgehead atoms. The van der Waals surface area contributed by atoms with Gasteiger partial charge in [0.1, 0.15) is 5.75 Å². The number of benzene rings is 2. The highest BCUT2D eigenvalue weighted by atomic mass is 16.5. The van der Waals surface area contributed by atoms with Gasteiger partial charge >= 0.3 is 5.97 Å². The molecule has 0 radical (unpaired) electrons. The molecule has 2 atom stereocenters. The lowest BCUT2D eigenvalue weighted by molar-refractivity contribution is -0.130. The van der Waals surface area contributed by atoms with Crippen LogP contribution in [0.3, 0.4) is 0 Å². The Morgan fingerprint density at radius 1 is 1.12 bits per heavy atom. The Morgan fingerprint density at radius 2 is 1.83 bits per heavy atom. The molecule has 5 nitrogen and oxygen atoms in total. The quantitative estimate of drug-likeness (QED) is 0.878. The van der Waals surface area contributed by atoms with Crippen molar-refractivity contribution in [2.75, 3.05) is 6.61 Å². The first-order valence-electron chi connectivity index (χ1n) is 7.93. The van der Waals surface area contributed by atoms with Gasteiger partial charge in [0.2, 0.25) is 0 Å². The first kappa shape index (κ1) is 16.1. The van der Waals surface area contributed by atoms with E-state index in [2.05, 4.69) is 5.32 Å². The number of nitrogens with one attached hydrogen (secondary N) is 1. The summed E-state index contributed by atoms with van der Waals surface area (Å²) in [6.07, 6.45) is -0.185. The second kappa shape index (κ2) is 7.17. The summed E-state index contributed by atoms with van der Waals surface area (Å²) in [7, 11) is 0. The molecule has 1 aliphatic rings. The van der Waals surface area contributed by atoms with E-state index in [1.807, 2.05) is 30.3 Å². The predicted molar refractivity (Wildman–Crippen MR) is 88.8 cm³/mol. The van der Waals surface area contributed by atoms with Crippen LogP contribution in [0.2, 0.25) is 0 Å². The summed E-state index contributed by atoms with van der Waals surface area (Å²) in [6, 6.07) is 16.1. The zero-order valence-electron chi connectivity index (χ0n) is 13.4. The zero-order valence-corrected chi connectivity index (χ0v) is 13.4. The van der Waals surface area contributed by atoms with E-state index >= 15 is 0 Å². The van der Waals surface area contributed by atoms with Crippen LogP contribution in [0, 0.1) is 0 Å². The third-order valence-corrected chi connectivity index (χ3v) is 3.94. The first-order valence-corrected chi connectivity index (χ1v) is 7.93. The van der Waals surface area contributed by atoms with Gasteiger partial charge in [0.05, 0.1) is 18.2 Å². The Bertz CT molecular complexity index is 729. The van der Waals surface area contributed by atoms with Gasteiger partial charge in [-0.3, -0.25) is 4.79 Å². The fraction of sp³-hybridized carbons (Fsp3) is 0.263. The van der Waals surface area contributed by atoms with Crippen LogP contribution in [0.4, 0.5) is 0 Å². The third kappa shape index (κ3) is 3.56. The Balaban J connectivity index is 1.62. The van der Waals surface area contributed by atoms with Crippen LogP contribution in [0.15, 0.2) is 54.6 Å². The van der Waals surface area contributed by atoms with Crippen LogP contribution >= 0.6 is 0 Å². The van der Waals surface area contributed by atoms with Gasteiger partial charge in [-0.05, 0) is 25.1 Å². The molecule has 0 aliphatic carbocycles. The summed E-state index contributed by atoms with van der Waals surface area (Å²) in [5.41, 5.74) is 1.37. The Hall–Kier alpha value is -2.82. The summed E-state index contributed by atoms with van der Waals surface area (Å²) in [4.78, 5) is 24.4. The minimum Gasteiger partial charge on any atom is -0.493 e. The number of hydrogen-bond acceptors (Lipinski definition) is 4. The highest BCUT2D eigenvalue weighted by Gasteiger charge is 2.26. The van der Waals surface area contributed by atoms with Crippen LogP contribution in [0.25, 0.3) is 0 Å². The minimum absolute atomic E-state index is 0.139. The summed E-state index contributed by atoms with van der Waals surface area (Å²) in [5.74, 6) is -0.0467. The highest BCUT2D eigenvalue weighted by molar-refractivity contribution is 5.92. The Morgan fingerprint density at radius 3 is 2.62 bits per heavy atom. The second-order valence-electron chi connectivity index (χ2n) is 5.65. The van der Waals surface area contributed by atoms with Crippen molar-refractivity contribution < 1.29 is 19.1 Å². The zero-order chi connectivity index (χ0) is 16.9. The molecule has 0 saturated carbocycles. The van der Waals surface area contributed by atoms with Crippen LogP contribution < -0.4 is 10.1 Å². The van der Waals surface area contributed by atoms with Crippen molar-refractivity contribution in [3.8, 4) is 5.75 Å². The normalized spacial score (nSPS) is 17.1. The monoisotopic (exact) mass is 325 g/mol. The van der Waals surface area contributed by atoms with E-state index in [-0.39, 0.29) is 11.9 Å². The predicted octanol–water partition coefficient (Wildman–Crippen LogP) is 2.87. The maximum absolute atomic E-state index is 12.4. The molecule has 24 heavy (non-hydrogen) atoms. The topological polar surface area (TPSA) is 64.6 Å². The molecular weight excluding hydrogens is 306 g/mol. The number of amides is 1. The van der Waals surface area contributed by atoms with Gasteiger partial charge in [0, 0.05) is 12.0 Å². The summed E-state index contributed by atoms with van der Waals surface area (Å²) < 4.78 is 10.8. The van der Waals surface area contributed by atoms with Crippen LogP contribution in [0.5, 0.6) is 5.75 Å². The van der Waals surface area contributed by atoms with Gasteiger partial charge in [-0.15, -0.1) is 0 Å². The number of carbonyl (C=O) groups is 2. The van der Waals surface area contributed by atoms with Gasteiger partial charge in [-0.1, -0.05) is 36.4 Å². The number of carbonyl (C=O) groups excluding carboxylic acids is 2. The van der Waals surface area contributed by atoms with E-state index in [9.17, 15) is 9.59 Å². The number of fused-ring (bicyclic) bond motifs is 1. The number of hydrogen-bond donors (Lipinski definition) is 1. The van der Waals surface area contributed by atoms with E-state index in [1.165, 1.54) is 0 Å². The van der Waals surface area contributed by atoms with Gasteiger partial charge in [-0.2, -0.15) is 0 Å². The van der Waals surface area contributed by atoms with Crippen molar-refractivity contribution >= 4 is 11.9 Å². The Kier molecular flexibility index (Phi) is 4.79. The van der Waals surface area contributed by atoms with Crippen molar-refractivity contribution in [3.63, 3.8) is 0 Å². The molecule has 1 heterocycles. The van der Waals surface area contributed by atoms with Crippen molar-refractivity contribution in [2.24, 2.45) is 0 Å². The van der Waals surface area contributed by atoms with E-state index < -0.39 is 12.1 Å². The minimum atomic E-state index is -0.868. The average molecular weight is 325 g/mol. The molecule has 2 aromatic carbocycles. The fourth-order valence-corrected chi connectivity index (χ4v) is 2.64. The lowest BCUT2D eigenvalue weighted by Crippen LogP contribution is -2.39. The molecule has 0 unspecified atom stereocenters. The SMILES string of the molecule is C[C@@H](OC(=O)c1ccccc1)C(=O)N[C@@H]1CCOc2ccccc21. The largest absolute Gasteiger partial charge is 0.493 e. The second-order valence-corrected chi connectivity index (χ2v) is 5.65. The molecule has 5 heteroatoms. The molecule has 2 aromatic rings. The summed E-state index contributed by atoms with van der Waals surface area (Å²) in [5, 5.41) is 2.94. The Labute approximate surface area is 140 Å². The van der Waals surface area contributed by atoms with Crippen molar-refractivity contribution in [1.82, 2.24) is 5.32 Å². The summed E-state index contributed by atoms with van der Waals surface area (Å²) in [6.45, 7) is 2.11. The number of para-hydroxylation sites is 1. The molecule has 0 aromatic heterocycles. The number of esters is 1. The summed E-state index contributed by atoms with van der Waals surface area (Å²) >= 11 is 0. The smallest absolute Gasteiger partial charge is 0.338 e.